The second-order valence-corrected chi connectivity index (χ2v) is 7.16. The molecule has 3 amide bonds. The zero-order valence-corrected chi connectivity index (χ0v) is 16.6. The van der Waals surface area contributed by atoms with E-state index in [2.05, 4.69) is 10.6 Å². The van der Waals surface area contributed by atoms with Crippen molar-refractivity contribution >= 4 is 17.6 Å². The number of rotatable bonds is 4. The molecular weight excluding hydrogens is 354 g/mol. The molecule has 0 unspecified atom stereocenters. The molecule has 6 nitrogen and oxygen atoms in total. The van der Waals surface area contributed by atoms with Crippen molar-refractivity contribution < 1.29 is 14.3 Å². The number of hydrogen-bond donors (Lipinski definition) is 2. The maximum Gasteiger partial charge on any atom is 0.321 e. The predicted molar refractivity (Wildman–Crippen MR) is 110 cm³/mol. The molecule has 1 heterocycles. The quantitative estimate of drug-likeness (QED) is 0.848. The zero-order valence-electron chi connectivity index (χ0n) is 16.6. The molecule has 2 N–H and O–H groups in total. The Morgan fingerprint density at radius 2 is 1.61 bits per heavy atom. The third-order valence-corrected chi connectivity index (χ3v) is 5.18. The molecule has 2 aromatic carbocycles. The summed E-state index contributed by atoms with van der Waals surface area (Å²) in [6.45, 7) is 5.21. The molecule has 1 fully saturated rings. The molecule has 0 aromatic heterocycles. The fourth-order valence-corrected chi connectivity index (χ4v) is 3.44. The number of piperidine rings is 1. The number of para-hydroxylation sites is 1. The Kier molecular flexibility index (Phi) is 6.19. The highest BCUT2D eigenvalue weighted by molar-refractivity contribution is 5.94. The van der Waals surface area contributed by atoms with Gasteiger partial charge in [0.05, 0.1) is 7.11 Å². The third-order valence-electron chi connectivity index (χ3n) is 5.18. The van der Waals surface area contributed by atoms with Crippen LogP contribution in [0.25, 0.3) is 0 Å². The van der Waals surface area contributed by atoms with E-state index in [1.165, 1.54) is 0 Å². The standard InChI is InChI=1S/C22H27N3O3/c1-15-5-4-6-16(2)20(15)24-22(27)25-13-11-18(12-14-25)23-21(26)17-7-9-19(28-3)10-8-17/h4-10,18H,11-14H2,1-3H3,(H,23,26)(H,24,27). The number of methoxy groups -OCH3 is 1. The van der Waals surface area contributed by atoms with Crippen LogP contribution in [0.15, 0.2) is 42.5 Å². The Morgan fingerprint density at radius 3 is 2.18 bits per heavy atom. The van der Waals surface area contributed by atoms with E-state index >= 15 is 0 Å². The first-order valence-electron chi connectivity index (χ1n) is 9.55. The maximum atomic E-state index is 12.6. The van der Waals surface area contributed by atoms with Gasteiger partial charge in [-0.1, -0.05) is 18.2 Å². The number of nitrogens with zero attached hydrogens (tertiary/aromatic N) is 1. The maximum absolute atomic E-state index is 12.6. The van der Waals surface area contributed by atoms with Crippen LogP contribution in [0.1, 0.15) is 34.3 Å². The molecule has 0 spiro atoms. The fraction of sp³-hybridized carbons (Fsp3) is 0.364. The number of carbonyl (C=O) groups excluding carboxylic acids is 2. The monoisotopic (exact) mass is 381 g/mol. The average Bonchev–Trinajstić information content (AvgIpc) is 2.71. The van der Waals surface area contributed by atoms with Crippen LogP contribution in [-0.4, -0.2) is 43.1 Å². The molecule has 3 rings (SSSR count). The van der Waals surface area contributed by atoms with Gasteiger partial charge in [0, 0.05) is 30.4 Å². The van der Waals surface area contributed by atoms with Crippen LogP contribution in [0.4, 0.5) is 10.5 Å². The van der Waals surface area contributed by atoms with Gasteiger partial charge in [-0.2, -0.15) is 0 Å². The van der Waals surface area contributed by atoms with Gasteiger partial charge in [-0.05, 0) is 62.1 Å². The van der Waals surface area contributed by atoms with Gasteiger partial charge in [0.15, 0.2) is 0 Å². The van der Waals surface area contributed by atoms with Crippen molar-refractivity contribution in [2.45, 2.75) is 32.7 Å². The Bertz CT molecular complexity index is 820. The molecule has 28 heavy (non-hydrogen) atoms. The van der Waals surface area contributed by atoms with Crippen LogP contribution in [0, 0.1) is 13.8 Å². The van der Waals surface area contributed by atoms with E-state index in [1.807, 2.05) is 36.9 Å². The lowest BCUT2D eigenvalue weighted by molar-refractivity contribution is 0.0919. The highest BCUT2D eigenvalue weighted by Crippen LogP contribution is 2.21. The first kappa shape index (κ1) is 19.7. The number of carbonyl (C=O) groups is 2. The second kappa shape index (κ2) is 8.78. The number of amides is 3. The summed E-state index contributed by atoms with van der Waals surface area (Å²) in [5, 5.41) is 6.09. The molecule has 1 aliphatic heterocycles. The van der Waals surface area contributed by atoms with Gasteiger partial charge in [0.25, 0.3) is 5.91 Å². The first-order valence-corrected chi connectivity index (χ1v) is 9.55. The van der Waals surface area contributed by atoms with Gasteiger partial charge >= 0.3 is 6.03 Å². The smallest absolute Gasteiger partial charge is 0.321 e. The molecular formula is C22H27N3O3. The summed E-state index contributed by atoms with van der Waals surface area (Å²) in [7, 11) is 1.60. The van der Waals surface area contributed by atoms with Gasteiger partial charge in [-0.25, -0.2) is 4.79 Å². The van der Waals surface area contributed by atoms with Crippen LogP contribution in [-0.2, 0) is 0 Å². The summed E-state index contributed by atoms with van der Waals surface area (Å²) in [6.07, 6.45) is 1.48. The second-order valence-electron chi connectivity index (χ2n) is 7.16. The summed E-state index contributed by atoms with van der Waals surface area (Å²) in [5.74, 6) is 0.626. The van der Waals surface area contributed by atoms with Crippen LogP contribution < -0.4 is 15.4 Å². The topological polar surface area (TPSA) is 70.7 Å². The SMILES string of the molecule is COc1ccc(C(=O)NC2CCN(C(=O)Nc3c(C)cccc3C)CC2)cc1. The molecule has 0 atom stereocenters. The number of benzene rings is 2. The van der Waals surface area contributed by atoms with E-state index in [0.29, 0.717) is 18.7 Å². The molecule has 1 saturated heterocycles. The molecule has 0 radical (unpaired) electrons. The summed E-state index contributed by atoms with van der Waals surface area (Å²) in [4.78, 5) is 26.8. The number of urea groups is 1. The lowest BCUT2D eigenvalue weighted by Crippen LogP contribution is -2.47. The number of hydrogen-bond acceptors (Lipinski definition) is 3. The Balaban J connectivity index is 1.51. The minimum absolute atomic E-state index is 0.0684. The van der Waals surface area contributed by atoms with Crippen LogP contribution in [0.5, 0.6) is 5.75 Å². The van der Waals surface area contributed by atoms with E-state index in [0.717, 1.165) is 35.4 Å². The highest BCUT2D eigenvalue weighted by atomic mass is 16.5. The summed E-state index contributed by atoms with van der Waals surface area (Å²) in [6, 6.07) is 13.0. The van der Waals surface area contributed by atoms with Crippen molar-refractivity contribution in [3.05, 3.63) is 59.2 Å². The third kappa shape index (κ3) is 4.63. The number of anilines is 1. The molecule has 0 bridgehead atoms. The molecule has 148 valence electrons. The molecule has 0 aliphatic carbocycles. The van der Waals surface area contributed by atoms with E-state index in [1.54, 1.807) is 31.4 Å². The number of nitrogens with one attached hydrogen (secondary N) is 2. The van der Waals surface area contributed by atoms with Crippen LogP contribution in [0.3, 0.4) is 0 Å². The Hall–Kier alpha value is -3.02. The summed E-state index contributed by atoms with van der Waals surface area (Å²) in [5.41, 5.74) is 3.59. The van der Waals surface area contributed by atoms with Crippen LogP contribution >= 0.6 is 0 Å². The fourth-order valence-electron chi connectivity index (χ4n) is 3.44. The lowest BCUT2D eigenvalue weighted by Gasteiger charge is -2.32. The highest BCUT2D eigenvalue weighted by Gasteiger charge is 2.24. The van der Waals surface area contributed by atoms with Gasteiger partial charge in [0.2, 0.25) is 0 Å². The van der Waals surface area contributed by atoms with E-state index in [9.17, 15) is 9.59 Å². The summed E-state index contributed by atoms with van der Waals surface area (Å²) >= 11 is 0. The largest absolute Gasteiger partial charge is 0.497 e. The van der Waals surface area contributed by atoms with Gasteiger partial charge in [-0.3, -0.25) is 4.79 Å². The predicted octanol–water partition coefficient (Wildman–Crippen LogP) is 3.74. The van der Waals surface area contributed by atoms with Crippen molar-refractivity contribution in [1.82, 2.24) is 10.2 Å². The van der Waals surface area contributed by atoms with Crippen molar-refractivity contribution in [3.8, 4) is 5.75 Å². The molecule has 0 saturated carbocycles. The van der Waals surface area contributed by atoms with E-state index in [-0.39, 0.29) is 18.0 Å². The van der Waals surface area contributed by atoms with Gasteiger partial charge in [0.1, 0.15) is 5.75 Å². The molecule has 1 aliphatic rings. The number of aryl methyl sites for hydroxylation is 2. The Morgan fingerprint density at radius 1 is 1.00 bits per heavy atom. The minimum atomic E-state index is -0.0962. The van der Waals surface area contributed by atoms with Crippen molar-refractivity contribution in [3.63, 3.8) is 0 Å². The van der Waals surface area contributed by atoms with E-state index < -0.39 is 0 Å². The van der Waals surface area contributed by atoms with Crippen molar-refractivity contribution in [2.75, 3.05) is 25.5 Å². The number of likely N-dealkylation sites (tertiary alicyclic amines) is 1. The number of ether oxygens (including phenoxy) is 1. The van der Waals surface area contributed by atoms with Gasteiger partial charge < -0.3 is 20.3 Å². The van der Waals surface area contributed by atoms with Crippen molar-refractivity contribution in [1.29, 1.82) is 0 Å². The molecule has 6 heteroatoms. The van der Waals surface area contributed by atoms with Crippen LogP contribution in [0.2, 0.25) is 0 Å². The lowest BCUT2D eigenvalue weighted by atomic mass is 10.0. The van der Waals surface area contributed by atoms with Crippen molar-refractivity contribution in [2.24, 2.45) is 0 Å². The zero-order chi connectivity index (χ0) is 20.1. The summed E-state index contributed by atoms with van der Waals surface area (Å²) < 4.78 is 5.12. The Labute approximate surface area is 165 Å². The molecule has 2 aromatic rings. The first-order chi connectivity index (χ1) is 13.5. The minimum Gasteiger partial charge on any atom is -0.497 e. The normalized spacial score (nSPS) is 14.5. The average molecular weight is 381 g/mol. The van der Waals surface area contributed by atoms with Gasteiger partial charge in [-0.15, -0.1) is 0 Å². The van der Waals surface area contributed by atoms with E-state index in [4.69, 9.17) is 4.74 Å².